The Morgan fingerprint density at radius 2 is 2.12 bits per heavy atom. The maximum Gasteiger partial charge on any atom is 0.119 e. The summed E-state index contributed by atoms with van der Waals surface area (Å²) in [5.74, 6) is 0.904. The zero-order valence-electron chi connectivity index (χ0n) is 14.9. The molecule has 0 radical (unpaired) electrons. The SMILES string of the molecule is COc1ccc(-n2cccn2)c(CN2CCN(C3CCNC3)CC2)c1. The molecule has 2 fully saturated rings. The molecule has 2 aliphatic rings. The average Bonchev–Trinajstić information content (AvgIpc) is 3.36. The Morgan fingerprint density at radius 3 is 2.80 bits per heavy atom. The summed E-state index contributed by atoms with van der Waals surface area (Å²) in [7, 11) is 1.72. The van der Waals surface area contributed by atoms with E-state index in [2.05, 4.69) is 32.3 Å². The van der Waals surface area contributed by atoms with E-state index < -0.39 is 0 Å². The van der Waals surface area contributed by atoms with E-state index in [1.807, 2.05) is 29.2 Å². The van der Waals surface area contributed by atoms with Gasteiger partial charge in [0.1, 0.15) is 5.75 Å². The molecule has 0 aliphatic carbocycles. The van der Waals surface area contributed by atoms with Gasteiger partial charge in [-0.1, -0.05) is 0 Å². The summed E-state index contributed by atoms with van der Waals surface area (Å²) in [4.78, 5) is 5.19. The molecule has 1 unspecified atom stereocenters. The van der Waals surface area contributed by atoms with Gasteiger partial charge < -0.3 is 10.1 Å². The first-order valence-electron chi connectivity index (χ1n) is 9.17. The maximum absolute atomic E-state index is 5.44. The molecule has 0 bridgehead atoms. The lowest BCUT2D eigenvalue weighted by Gasteiger charge is -2.38. The van der Waals surface area contributed by atoms with Crippen LogP contribution >= 0.6 is 0 Å². The number of aromatic nitrogens is 2. The van der Waals surface area contributed by atoms with Crippen molar-refractivity contribution < 1.29 is 4.74 Å². The number of nitrogens with one attached hydrogen (secondary N) is 1. The number of piperazine rings is 1. The summed E-state index contributed by atoms with van der Waals surface area (Å²) in [6, 6.07) is 8.94. The van der Waals surface area contributed by atoms with Gasteiger partial charge in [0.05, 0.1) is 12.8 Å². The van der Waals surface area contributed by atoms with E-state index in [1.165, 1.54) is 18.5 Å². The quantitative estimate of drug-likeness (QED) is 0.890. The van der Waals surface area contributed by atoms with Crippen molar-refractivity contribution in [1.82, 2.24) is 24.9 Å². The summed E-state index contributed by atoms with van der Waals surface area (Å²) in [5.41, 5.74) is 2.40. The van der Waals surface area contributed by atoms with Crippen LogP contribution in [0, 0.1) is 0 Å². The third-order valence-corrected chi connectivity index (χ3v) is 5.39. The Morgan fingerprint density at radius 1 is 1.24 bits per heavy atom. The second-order valence-electron chi connectivity index (χ2n) is 6.90. The molecule has 0 amide bonds. The fourth-order valence-corrected chi connectivity index (χ4v) is 3.93. The van der Waals surface area contributed by atoms with Crippen molar-refractivity contribution >= 4 is 0 Å². The molecule has 134 valence electrons. The lowest BCUT2D eigenvalue weighted by molar-refractivity contribution is 0.0980. The molecular weight excluding hydrogens is 314 g/mol. The van der Waals surface area contributed by atoms with Crippen LogP contribution < -0.4 is 10.1 Å². The van der Waals surface area contributed by atoms with Crippen LogP contribution in [0.4, 0.5) is 0 Å². The van der Waals surface area contributed by atoms with E-state index in [-0.39, 0.29) is 0 Å². The summed E-state index contributed by atoms with van der Waals surface area (Å²) >= 11 is 0. The number of ether oxygens (including phenoxy) is 1. The molecule has 0 spiro atoms. The first-order chi connectivity index (χ1) is 12.3. The van der Waals surface area contributed by atoms with Gasteiger partial charge in [0.15, 0.2) is 0 Å². The highest BCUT2D eigenvalue weighted by Gasteiger charge is 2.26. The molecule has 6 heteroatoms. The number of methoxy groups -OCH3 is 1. The van der Waals surface area contributed by atoms with Crippen LogP contribution in [0.5, 0.6) is 5.75 Å². The number of nitrogens with zero attached hydrogens (tertiary/aromatic N) is 4. The topological polar surface area (TPSA) is 45.6 Å². The molecule has 0 saturated carbocycles. The standard InChI is InChI=1S/C19H27N5O/c1-25-18-3-4-19(24-8-2-6-21-24)16(13-18)15-22-9-11-23(12-10-22)17-5-7-20-14-17/h2-4,6,8,13,17,20H,5,7,9-12,14-15H2,1H3. The van der Waals surface area contributed by atoms with Crippen molar-refractivity contribution in [2.24, 2.45) is 0 Å². The number of benzene rings is 1. The van der Waals surface area contributed by atoms with E-state index in [4.69, 9.17) is 4.74 Å². The lowest BCUT2D eigenvalue weighted by Crippen LogP contribution is -2.50. The minimum Gasteiger partial charge on any atom is -0.497 e. The van der Waals surface area contributed by atoms with Crippen LogP contribution in [0.1, 0.15) is 12.0 Å². The Hall–Kier alpha value is -1.89. The molecule has 2 saturated heterocycles. The van der Waals surface area contributed by atoms with Crippen LogP contribution in [0.15, 0.2) is 36.7 Å². The van der Waals surface area contributed by atoms with E-state index >= 15 is 0 Å². The highest BCUT2D eigenvalue weighted by molar-refractivity contribution is 5.45. The Kier molecular flexibility index (Phi) is 5.01. The van der Waals surface area contributed by atoms with E-state index in [0.29, 0.717) is 0 Å². The molecule has 25 heavy (non-hydrogen) atoms. The normalized spacial score (nSPS) is 22.4. The molecule has 3 heterocycles. The van der Waals surface area contributed by atoms with Gasteiger partial charge in [-0.05, 0) is 42.8 Å². The second kappa shape index (κ2) is 7.56. The first-order valence-corrected chi connectivity index (χ1v) is 9.17. The molecule has 4 rings (SSSR count). The van der Waals surface area contributed by atoms with Gasteiger partial charge in [0.25, 0.3) is 0 Å². The fourth-order valence-electron chi connectivity index (χ4n) is 3.93. The second-order valence-corrected chi connectivity index (χ2v) is 6.90. The predicted molar refractivity (Wildman–Crippen MR) is 98.2 cm³/mol. The monoisotopic (exact) mass is 341 g/mol. The van der Waals surface area contributed by atoms with Gasteiger partial charge in [0.2, 0.25) is 0 Å². The summed E-state index contributed by atoms with van der Waals surface area (Å²) < 4.78 is 7.38. The van der Waals surface area contributed by atoms with Crippen LogP contribution in [0.3, 0.4) is 0 Å². The molecule has 6 nitrogen and oxygen atoms in total. The van der Waals surface area contributed by atoms with Crippen LogP contribution in [-0.4, -0.2) is 72.0 Å². The van der Waals surface area contributed by atoms with Gasteiger partial charge in [-0.15, -0.1) is 0 Å². The van der Waals surface area contributed by atoms with Crippen molar-refractivity contribution in [2.75, 3.05) is 46.4 Å². The third-order valence-electron chi connectivity index (χ3n) is 5.39. The third kappa shape index (κ3) is 3.71. The van der Waals surface area contributed by atoms with Crippen LogP contribution in [0.25, 0.3) is 5.69 Å². The minimum atomic E-state index is 0.735. The van der Waals surface area contributed by atoms with Crippen molar-refractivity contribution in [3.05, 3.63) is 42.2 Å². The van der Waals surface area contributed by atoms with Gasteiger partial charge in [-0.2, -0.15) is 5.10 Å². The molecule has 1 atom stereocenters. The smallest absolute Gasteiger partial charge is 0.119 e. The molecular formula is C19H27N5O. The van der Waals surface area contributed by atoms with Crippen molar-refractivity contribution in [3.8, 4) is 11.4 Å². The lowest BCUT2D eigenvalue weighted by atomic mass is 10.1. The minimum absolute atomic E-state index is 0.735. The molecule has 1 N–H and O–H groups in total. The molecule has 1 aromatic heterocycles. The van der Waals surface area contributed by atoms with Crippen molar-refractivity contribution in [2.45, 2.75) is 19.0 Å². The van der Waals surface area contributed by atoms with Gasteiger partial charge in [-0.25, -0.2) is 4.68 Å². The van der Waals surface area contributed by atoms with Crippen LogP contribution in [0.2, 0.25) is 0 Å². The summed E-state index contributed by atoms with van der Waals surface area (Å²) in [6.45, 7) is 7.81. The number of hydrogen-bond acceptors (Lipinski definition) is 5. The summed E-state index contributed by atoms with van der Waals surface area (Å²) in [5, 5.41) is 7.88. The number of rotatable bonds is 5. The molecule has 2 aromatic rings. The van der Waals surface area contributed by atoms with Crippen molar-refractivity contribution in [1.29, 1.82) is 0 Å². The van der Waals surface area contributed by atoms with Crippen LogP contribution in [-0.2, 0) is 6.54 Å². The first kappa shape index (κ1) is 16.6. The summed E-state index contributed by atoms with van der Waals surface area (Å²) in [6.07, 6.45) is 5.11. The molecule has 2 aliphatic heterocycles. The molecule has 1 aromatic carbocycles. The zero-order valence-corrected chi connectivity index (χ0v) is 14.9. The predicted octanol–water partition coefficient (Wildman–Crippen LogP) is 1.36. The Bertz CT molecular complexity index is 673. The largest absolute Gasteiger partial charge is 0.497 e. The maximum atomic E-state index is 5.44. The Balaban J connectivity index is 1.45. The van der Waals surface area contributed by atoms with E-state index in [9.17, 15) is 0 Å². The van der Waals surface area contributed by atoms with Crippen molar-refractivity contribution in [3.63, 3.8) is 0 Å². The van der Waals surface area contributed by atoms with Gasteiger partial charge in [-0.3, -0.25) is 9.80 Å². The average molecular weight is 341 g/mol. The highest BCUT2D eigenvalue weighted by atomic mass is 16.5. The zero-order chi connectivity index (χ0) is 17.1. The van der Waals surface area contributed by atoms with Gasteiger partial charge in [0, 0.05) is 57.7 Å². The van der Waals surface area contributed by atoms with E-state index in [1.54, 1.807) is 7.11 Å². The fraction of sp³-hybridized carbons (Fsp3) is 0.526. The van der Waals surface area contributed by atoms with Gasteiger partial charge >= 0.3 is 0 Å². The Labute approximate surface area is 149 Å². The number of hydrogen-bond donors (Lipinski definition) is 1. The van der Waals surface area contributed by atoms with E-state index in [0.717, 1.165) is 56.7 Å². The highest BCUT2D eigenvalue weighted by Crippen LogP contribution is 2.23.